The molecule has 1 aromatic heterocycles. The largest absolute Gasteiger partial charge is 0.478 e. The van der Waals surface area contributed by atoms with Gasteiger partial charge in [0.25, 0.3) is 0 Å². The fraction of sp³-hybridized carbons (Fsp3) is 0.0909. The monoisotopic (exact) mass is 249 g/mol. The first kappa shape index (κ1) is 11.5. The summed E-state index contributed by atoms with van der Waals surface area (Å²) in [5, 5.41) is 8.35. The Bertz CT molecular complexity index is 533. The number of aromatic carboxylic acids is 1. The van der Waals surface area contributed by atoms with E-state index in [1.807, 2.05) is 0 Å². The highest BCUT2D eigenvalue weighted by molar-refractivity contribution is 6.22. The smallest absolute Gasteiger partial charge is 0.336 e. The van der Waals surface area contributed by atoms with Crippen LogP contribution in [0, 0.1) is 0 Å². The van der Waals surface area contributed by atoms with Crippen molar-refractivity contribution >= 4 is 17.6 Å². The standard InChI is InChI=1S/C11H8ClN3O2/c12-9(10-14-5-13-6-15-10)7-3-1-2-4-8(7)11(16)17/h1-6,9H,(H,16,17). The third-order valence-corrected chi connectivity index (χ3v) is 2.63. The highest BCUT2D eigenvalue weighted by Crippen LogP contribution is 2.28. The molecule has 17 heavy (non-hydrogen) atoms. The molecule has 0 saturated carbocycles. The average Bonchev–Trinajstić information content (AvgIpc) is 2.39. The number of carbonyl (C=O) groups is 1. The average molecular weight is 250 g/mol. The quantitative estimate of drug-likeness (QED) is 0.841. The number of benzene rings is 1. The molecule has 2 rings (SSSR count). The van der Waals surface area contributed by atoms with Crippen LogP contribution in [0.4, 0.5) is 0 Å². The van der Waals surface area contributed by atoms with Gasteiger partial charge in [0.1, 0.15) is 18.0 Å². The van der Waals surface area contributed by atoms with Crippen LogP contribution in [0.1, 0.15) is 27.1 Å². The third kappa shape index (κ3) is 2.39. The van der Waals surface area contributed by atoms with Crippen molar-refractivity contribution in [2.75, 3.05) is 0 Å². The van der Waals surface area contributed by atoms with Gasteiger partial charge in [-0.1, -0.05) is 18.2 Å². The minimum absolute atomic E-state index is 0.146. The van der Waals surface area contributed by atoms with E-state index in [0.717, 1.165) is 0 Å². The second-order valence-electron chi connectivity index (χ2n) is 3.25. The van der Waals surface area contributed by atoms with E-state index < -0.39 is 11.3 Å². The molecule has 1 unspecified atom stereocenters. The zero-order chi connectivity index (χ0) is 12.3. The SMILES string of the molecule is O=C(O)c1ccccc1C(Cl)c1ncncn1. The minimum Gasteiger partial charge on any atom is -0.478 e. The molecule has 1 aromatic carbocycles. The van der Waals surface area contributed by atoms with E-state index >= 15 is 0 Å². The van der Waals surface area contributed by atoms with E-state index in [0.29, 0.717) is 11.4 Å². The molecule has 1 heterocycles. The molecular formula is C11H8ClN3O2. The molecule has 2 aromatic rings. The Morgan fingerprint density at radius 1 is 1.24 bits per heavy atom. The van der Waals surface area contributed by atoms with Gasteiger partial charge in [-0.2, -0.15) is 0 Å². The minimum atomic E-state index is -1.03. The summed E-state index contributed by atoms with van der Waals surface area (Å²) in [7, 11) is 0. The molecule has 0 saturated heterocycles. The van der Waals surface area contributed by atoms with Gasteiger partial charge in [0, 0.05) is 0 Å². The Labute approximate surface area is 102 Å². The van der Waals surface area contributed by atoms with E-state index in [2.05, 4.69) is 15.0 Å². The highest BCUT2D eigenvalue weighted by atomic mass is 35.5. The Kier molecular flexibility index (Phi) is 3.30. The van der Waals surface area contributed by atoms with E-state index in [4.69, 9.17) is 16.7 Å². The highest BCUT2D eigenvalue weighted by Gasteiger charge is 2.19. The molecule has 0 aliphatic heterocycles. The molecule has 0 amide bonds. The van der Waals surface area contributed by atoms with Crippen LogP contribution in [0.15, 0.2) is 36.9 Å². The number of rotatable bonds is 3. The maximum atomic E-state index is 11.0. The first-order valence-electron chi connectivity index (χ1n) is 4.78. The summed E-state index contributed by atoms with van der Waals surface area (Å²) in [5.41, 5.74) is 0.612. The van der Waals surface area contributed by atoms with E-state index in [1.54, 1.807) is 18.2 Å². The predicted octanol–water partition coefficient (Wildman–Crippen LogP) is 1.90. The fourth-order valence-electron chi connectivity index (χ4n) is 1.43. The Hall–Kier alpha value is -2.01. The zero-order valence-corrected chi connectivity index (χ0v) is 9.37. The Morgan fingerprint density at radius 3 is 2.53 bits per heavy atom. The molecular weight excluding hydrogens is 242 g/mol. The second kappa shape index (κ2) is 4.88. The summed E-state index contributed by atoms with van der Waals surface area (Å²) in [4.78, 5) is 22.5. The van der Waals surface area contributed by atoms with Crippen molar-refractivity contribution in [3.8, 4) is 0 Å². The lowest BCUT2D eigenvalue weighted by Crippen LogP contribution is -2.07. The van der Waals surface area contributed by atoms with Crippen molar-refractivity contribution < 1.29 is 9.90 Å². The number of halogens is 1. The number of hydrogen-bond donors (Lipinski definition) is 1. The molecule has 86 valence electrons. The number of hydrogen-bond acceptors (Lipinski definition) is 4. The number of alkyl halides is 1. The van der Waals surface area contributed by atoms with E-state index in [1.165, 1.54) is 18.7 Å². The lowest BCUT2D eigenvalue weighted by Gasteiger charge is -2.10. The van der Waals surface area contributed by atoms with Gasteiger partial charge in [-0.15, -0.1) is 11.6 Å². The van der Waals surface area contributed by atoms with Crippen LogP contribution in [0.2, 0.25) is 0 Å². The van der Waals surface area contributed by atoms with Crippen LogP contribution in [-0.2, 0) is 0 Å². The normalized spacial score (nSPS) is 12.1. The van der Waals surface area contributed by atoms with Gasteiger partial charge in [0.05, 0.1) is 5.56 Å². The summed E-state index contributed by atoms with van der Waals surface area (Å²) >= 11 is 6.16. The van der Waals surface area contributed by atoms with Crippen LogP contribution in [-0.4, -0.2) is 26.0 Å². The van der Waals surface area contributed by atoms with E-state index in [-0.39, 0.29) is 5.56 Å². The van der Waals surface area contributed by atoms with Crippen molar-refractivity contribution in [3.05, 3.63) is 53.9 Å². The van der Waals surface area contributed by atoms with Gasteiger partial charge in [-0.25, -0.2) is 19.7 Å². The van der Waals surface area contributed by atoms with Crippen molar-refractivity contribution in [2.45, 2.75) is 5.38 Å². The number of aromatic nitrogens is 3. The third-order valence-electron chi connectivity index (χ3n) is 2.20. The van der Waals surface area contributed by atoms with Crippen LogP contribution < -0.4 is 0 Å². The summed E-state index contributed by atoms with van der Waals surface area (Å²) < 4.78 is 0. The van der Waals surface area contributed by atoms with Crippen LogP contribution >= 0.6 is 11.6 Å². The van der Waals surface area contributed by atoms with Crippen LogP contribution in [0.25, 0.3) is 0 Å². The van der Waals surface area contributed by atoms with Crippen molar-refractivity contribution in [3.63, 3.8) is 0 Å². The summed E-state index contributed by atoms with van der Waals surface area (Å²) in [6.45, 7) is 0. The molecule has 0 spiro atoms. The summed E-state index contributed by atoms with van der Waals surface area (Å²) in [6, 6.07) is 6.50. The van der Waals surface area contributed by atoms with Crippen molar-refractivity contribution in [1.29, 1.82) is 0 Å². The van der Waals surface area contributed by atoms with Gasteiger partial charge in [0.15, 0.2) is 5.82 Å². The molecule has 0 aliphatic rings. The molecule has 6 heteroatoms. The molecule has 0 bridgehead atoms. The second-order valence-corrected chi connectivity index (χ2v) is 3.69. The number of carboxylic acids is 1. The molecule has 0 radical (unpaired) electrons. The van der Waals surface area contributed by atoms with Crippen LogP contribution in [0.3, 0.4) is 0 Å². The Balaban J connectivity index is 2.44. The number of nitrogens with zero attached hydrogens (tertiary/aromatic N) is 3. The molecule has 0 fully saturated rings. The lowest BCUT2D eigenvalue weighted by atomic mass is 10.0. The van der Waals surface area contributed by atoms with Gasteiger partial charge in [0.2, 0.25) is 0 Å². The van der Waals surface area contributed by atoms with Gasteiger partial charge < -0.3 is 5.11 Å². The maximum Gasteiger partial charge on any atom is 0.336 e. The Morgan fingerprint density at radius 2 is 1.88 bits per heavy atom. The number of carboxylic acid groups (broad SMARTS) is 1. The van der Waals surface area contributed by atoms with Crippen molar-refractivity contribution in [1.82, 2.24) is 15.0 Å². The topological polar surface area (TPSA) is 76.0 Å². The van der Waals surface area contributed by atoms with Crippen molar-refractivity contribution in [2.24, 2.45) is 0 Å². The maximum absolute atomic E-state index is 11.0. The van der Waals surface area contributed by atoms with Crippen LogP contribution in [0.5, 0.6) is 0 Å². The summed E-state index contributed by atoms with van der Waals surface area (Å²) in [5.74, 6) is -0.698. The predicted molar refractivity (Wildman–Crippen MR) is 60.9 cm³/mol. The van der Waals surface area contributed by atoms with Gasteiger partial charge >= 0.3 is 5.97 Å². The van der Waals surface area contributed by atoms with E-state index in [9.17, 15) is 4.79 Å². The molecule has 0 aliphatic carbocycles. The fourth-order valence-corrected chi connectivity index (χ4v) is 1.73. The molecule has 1 N–H and O–H groups in total. The lowest BCUT2D eigenvalue weighted by molar-refractivity contribution is 0.0695. The first-order chi connectivity index (χ1) is 8.20. The van der Waals surface area contributed by atoms with Gasteiger partial charge in [-0.3, -0.25) is 0 Å². The molecule has 1 atom stereocenters. The summed E-state index contributed by atoms with van der Waals surface area (Å²) in [6.07, 6.45) is 2.64. The van der Waals surface area contributed by atoms with Gasteiger partial charge in [-0.05, 0) is 11.6 Å². The zero-order valence-electron chi connectivity index (χ0n) is 8.62. The molecule has 5 nitrogen and oxygen atoms in total. The first-order valence-corrected chi connectivity index (χ1v) is 5.22.